The first kappa shape index (κ1) is 19.3. The van der Waals surface area contributed by atoms with E-state index in [1.54, 1.807) is 31.2 Å². The van der Waals surface area contributed by atoms with Crippen molar-refractivity contribution in [2.45, 2.75) is 12.6 Å². The number of benzene rings is 2. The van der Waals surface area contributed by atoms with E-state index < -0.39 is 0 Å². The minimum atomic E-state index is -0.250. The average molecular weight is 371 g/mol. The van der Waals surface area contributed by atoms with Crippen LogP contribution in [0.2, 0.25) is 0 Å². The number of nitrogens with one attached hydrogen (secondary N) is 1. The lowest BCUT2D eigenvalue weighted by Crippen LogP contribution is -2.49. The summed E-state index contributed by atoms with van der Waals surface area (Å²) >= 11 is 0. The summed E-state index contributed by atoms with van der Waals surface area (Å²) in [7, 11) is 3.44. The molecule has 1 saturated heterocycles. The van der Waals surface area contributed by atoms with Gasteiger partial charge in [-0.15, -0.1) is 0 Å². The van der Waals surface area contributed by atoms with Gasteiger partial charge in [0.25, 0.3) is 0 Å². The predicted octanol–water partition coefficient (Wildman–Crippen LogP) is 2.44. The topological polar surface area (TPSA) is 44.8 Å². The molecule has 27 heavy (non-hydrogen) atoms. The Bertz CT molecular complexity index is 784. The molecule has 0 spiro atoms. The van der Waals surface area contributed by atoms with E-state index in [0.29, 0.717) is 19.6 Å². The number of likely N-dealkylation sites (N-methyl/N-ethyl adjacent to an activating group) is 1. The van der Waals surface area contributed by atoms with Crippen LogP contribution in [0.3, 0.4) is 0 Å². The monoisotopic (exact) mass is 371 g/mol. The Morgan fingerprint density at radius 3 is 2.89 bits per heavy atom. The van der Waals surface area contributed by atoms with E-state index in [2.05, 4.69) is 10.2 Å². The highest BCUT2D eigenvalue weighted by Crippen LogP contribution is 2.23. The number of carbonyl (C=O) groups excluding carboxylic acids is 1. The first-order valence-electron chi connectivity index (χ1n) is 9.14. The van der Waals surface area contributed by atoms with Crippen LogP contribution >= 0.6 is 0 Å². The molecule has 144 valence electrons. The maximum Gasteiger partial charge on any atom is 0.236 e. The highest BCUT2D eigenvalue weighted by atomic mass is 19.1. The predicted molar refractivity (Wildman–Crippen MR) is 103 cm³/mol. The van der Waals surface area contributed by atoms with E-state index >= 15 is 0 Å². The van der Waals surface area contributed by atoms with Crippen molar-refractivity contribution in [3.05, 3.63) is 65.5 Å². The number of nitrogens with zero attached hydrogens (tertiary/aromatic N) is 2. The van der Waals surface area contributed by atoms with Gasteiger partial charge in [-0.1, -0.05) is 24.3 Å². The second-order valence-electron chi connectivity index (χ2n) is 6.85. The van der Waals surface area contributed by atoms with E-state index in [1.807, 2.05) is 30.3 Å². The van der Waals surface area contributed by atoms with Crippen LogP contribution < -0.4 is 10.1 Å². The van der Waals surface area contributed by atoms with Crippen molar-refractivity contribution < 1.29 is 13.9 Å². The summed E-state index contributed by atoms with van der Waals surface area (Å²) in [6, 6.07) is 14.3. The number of carbonyl (C=O) groups is 1. The van der Waals surface area contributed by atoms with Crippen molar-refractivity contribution in [2.24, 2.45) is 0 Å². The number of ether oxygens (including phenoxy) is 1. The zero-order valence-corrected chi connectivity index (χ0v) is 15.8. The van der Waals surface area contributed by atoms with E-state index in [1.165, 1.54) is 6.07 Å². The van der Waals surface area contributed by atoms with Crippen LogP contribution in [0.15, 0.2) is 48.5 Å². The van der Waals surface area contributed by atoms with Gasteiger partial charge in [-0.2, -0.15) is 0 Å². The third-order valence-electron chi connectivity index (χ3n) is 4.91. The van der Waals surface area contributed by atoms with Crippen LogP contribution in [0, 0.1) is 5.82 Å². The third-order valence-corrected chi connectivity index (χ3v) is 4.91. The fourth-order valence-corrected chi connectivity index (χ4v) is 3.41. The Kier molecular flexibility index (Phi) is 6.42. The van der Waals surface area contributed by atoms with Gasteiger partial charge in [-0.05, 0) is 35.4 Å². The normalized spacial score (nSPS) is 17.5. The van der Waals surface area contributed by atoms with Crippen molar-refractivity contribution in [1.82, 2.24) is 15.1 Å². The van der Waals surface area contributed by atoms with Crippen LogP contribution in [0.1, 0.15) is 17.2 Å². The van der Waals surface area contributed by atoms with E-state index in [-0.39, 0.29) is 17.8 Å². The summed E-state index contributed by atoms with van der Waals surface area (Å²) in [5, 5.41) is 3.33. The summed E-state index contributed by atoms with van der Waals surface area (Å²) in [5.74, 6) is 0.572. The molecule has 1 aliphatic rings. The summed E-state index contributed by atoms with van der Waals surface area (Å²) in [6.07, 6.45) is 0. The van der Waals surface area contributed by atoms with Crippen molar-refractivity contribution in [3.63, 3.8) is 0 Å². The molecule has 1 N–H and O–H groups in total. The molecule has 1 unspecified atom stereocenters. The van der Waals surface area contributed by atoms with Crippen LogP contribution in [0.25, 0.3) is 0 Å². The Hall–Kier alpha value is -2.44. The van der Waals surface area contributed by atoms with Gasteiger partial charge in [0, 0.05) is 39.3 Å². The van der Waals surface area contributed by atoms with Gasteiger partial charge in [-0.3, -0.25) is 9.69 Å². The molecule has 0 saturated carbocycles. The summed E-state index contributed by atoms with van der Waals surface area (Å²) in [6.45, 7) is 3.10. The number of hydrogen-bond donors (Lipinski definition) is 1. The third kappa shape index (κ3) is 5.05. The molecule has 1 atom stereocenters. The zero-order valence-electron chi connectivity index (χ0n) is 15.8. The minimum Gasteiger partial charge on any atom is -0.497 e. The minimum absolute atomic E-state index is 0.0105. The number of piperazine rings is 1. The quantitative estimate of drug-likeness (QED) is 0.847. The first-order chi connectivity index (χ1) is 13.1. The molecule has 0 aromatic heterocycles. The first-order valence-corrected chi connectivity index (χ1v) is 9.14. The molecule has 1 fully saturated rings. The molecule has 3 rings (SSSR count). The van der Waals surface area contributed by atoms with Gasteiger partial charge < -0.3 is 15.0 Å². The number of hydrogen-bond acceptors (Lipinski definition) is 4. The number of methoxy groups -OCH3 is 1. The van der Waals surface area contributed by atoms with E-state index in [9.17, 15) is 9.18 Å². The zero-order chi connectivity index (χ0) is 19.2. The molecule has 1 amide bonds. The highest BCUT2D eigenvalue weighted by Gasteiger charge is 2.26. The maximum atomic E-state index is 13.6. The van der Waals surface area contributed by atoms with Crippen molar-refractivity contribution >= 4 is 5.91 Å². The standard InChI is InChI=1S/C21H26FN3O2/c1-24(14-16-5-3-8-19(11-16)27-2)21(26)15-25-10-9-23-13-20(25)17-6-4-7-18(22)12-17/h3-8,11-12,20,23H,9-10,13-15H2,1-2H3. The van der Waals surface area contributed by atoms with Crippen molar-refractivity contribution in [2.75, 3.05) is 40.3 Å². The Labute approximate surface area is 159 Å². The number of amides is 1. The molecule has 1 aliphatic heterocycles. The molecule has 0 radical (unpaired) electrons. The van der Waals surface area contributed by atoms with Gasteiger partial charge in [0.05, 0.1) is 13.7 Å². The lowest BCUT2D eigenvalue weighted by Gasteiger charge is -2.36. The molecule has 1 heterocycles. The Balaban J connectivity index is 1.65. The molecule has 5 nitrogen and oxygen atoms in total. The molecule has 6 heteroatoms. The van der Waals surface area contributed by atoms with E-state index in [4.69, 9.17) is 4.74 Å². The SMILES string of the molecule is COc1cccc(CN(C)C(=O)CN2CCNCC2c2cccc(F)c2)c1. The second kappa shape index (κ2) is 8.97. The lowest BCUT2D eigenvalue weighted by molar-refractivity contribution is -0.132. The van der Waals surface area contributed by atoms with Gasteiger partial charge in [0.1, 0.15) is 11.6 Å². The van der Waals surface area contributed by atoms with Crippen molar-refractivity contribution in [3.8, 4) is 5.75 Å². The maximum absolute atomic E-state index is 13.6. The molecular weight excluding hydrogens is 345 g/mol. The fraction of sp³-hybridized carbons (Fsp3) is 0.381. The Morgan fingerprint density at radius 1 is 1.30 bits per heavy atom. The molecule has 0 bridgehead atoms. The van der Waals surface area contributed by atoms with Gasteiger partial charge in [0.2, 0.25) is 5.91 Å². The smallest absolute Gasteiger partial charge is 0.236 e. The molecule has 2 aromatic carbocycles. The molecule has 2 aromatic rings. The van der Waals surface area contributed by atoms with Crippen molar-refractivity contribution in [1.29, 1.82) is 0 Å². The lowest BCUT2D eigenvalue weighted by atomic mass is 10.0. The largest absolute Gasteiger partial charge is 0.497 e. The Morgan fingerprint density at radius 2 is 2.11 bits per heavy atom. The number of rotatable bonds is 6. The average Bonchev–Trinajstić information content (AvgIpc) is 2.68. The summed E-state index contributed by atoms with van der Waals surface area (Å²) in [4.78, 5) is 16.6. The van der Waals surface area contributed by atoms with Gasteiger partial charge >= 0.3 is 0 Å². The van der Waals surface area contributed by atoms with Gasteiger partial charge in [-0.25, -0.2) is 4.39 Å². The van der Waals surface area contributed by atoms with Gasteiger partial charge in [0.15, 0.2) is 0 Å². The second-order valence-corrected chi connectivity index (χ2v) is 6.85. The van der Waals surface area contributed by atoms with Crippen LogP contribution in [0.5, 0.6) is 5.75 Å². The highest BCUT2D eigenvalue weighted by molar-refractivity contribution is 5.78. The van der Waals surface area contributed by atoms with Crippen LogP contribution in [-0.4, -0.2) is 56.0 Å². The van der Waals surface area contributed by atoms with Crippen LogP contribution in [-0.2, 0) is 11.3 Å². The summed E-state index contributed by atoms with van der Waals surface area (Å²) in [5.41, 5.74) is 1.91. The van der Waals surface area contributed by atoms with Crippen LogP contribution in [0.4, 0.5) is 4.39 Å². The molecule has 0 aliphatic carbocycles. The number of halogens is 1. The fourth-order valence-electron chi connectivity index (χ4n) is 3.41. The van der Waals surface area contributed by atoms with E-state index in [0.717, 1.165) is 30.0 Å². The molecular formula is C21H26FN3O2. The summed E-state index contributed by atoms with van der Waals surface area (Å²) < 4.78 is 18.9.